The maximum Gasteiger partial charge on any atom is 0.276 e. The number of para-hydroxylation sites is 1. The average molecular weight is 379 g/mol. The number of carbonyl (C=O) groups excluding carboxylic acids is 2. The molecule has 5 nitrogen and oxygen atoms in total. The highest BCUT2D eigenvalue weighted by Gasteiger charge is 2.56. The van der Waals surface area contributed by atoms with E-state index >= 15 is 0 Å². The molecule has 0 bridgehead atoms. The van der Waals surface area contributed by atoms with Crippen molar-refractivity contribution in [3.8, 4) is 16.9 Å². The van der Waals surface area contributed by atoms with Gasteiger partial charge in [-0.25, -0.2) is 0 Å². The molecule has 1 atom stereocenters. The molecular weight excluding hydrogens is 363 g/mol. The quantitative estimate of drug-likeness (QED) is 0.620. The summed E-state index contributed by atoms with van der Waals surface area (Å²) in [5.74, 6) is -0.816. The van der Waals surface area contributed by atoms with E-state index in [1.165, 1.54) is 0 Å². The Morgan fingerprint density at radius 2 is 1.68 bits per heavy atom. The van der Waals surface area contributed by atoms with E-state index in [4.69, 9.17) is 27.9 Å². The van der Waals surface area contributed by atoms with Crippen molar-refractivity contribution in [1.82, 2.24) is 10.9 Å². The lowest BCUT2D eigenvalue weighted by atomic mass is 10.1. The van der Waals surface area contributed by atoms with Crippen LogP contribution in [0.25, 0.3) is 11.1 Å². The first kappa shape index (κ1) is 17.6. The predicted molar refractivity (Wildman–Crippen MR) is 96.2 cm³/mol. The van der Waals surface area contributed by atoms with Gasteiger partial charge in [0.15, 0.2) is 6.61 Å². The molecule has 130 valence electrons. The highest BCUT2D eigenvalue weighted by atomic mass is 35.5. The van der Waals surface area contributed by atoms with Crippen LogP contribution >= 0.6 is 23.2 Å². The largest absolute Gasteiger partial charge is 0.483 e. The van der Waals surface area contributed by atoms with Gasteiger partial charge in [-0.2, -0.15) is 0 Å². The lowest BCUT2D eigenvalue weighted by molar-refractivity contribution is -0.130. The van der Waals surface area contributed by atoms with E-state index in [0.717, 1.165) is 11.1 Å². The standard InChI is InChI=1S/C18H16Cl2N2O3/c19-18(20)10-14(18)17(24)22-21-16(23)11-25-15-9-5-4-8-13(15)12-6-2-1-3-7-12/h1-9,14H,10-11H2,(H,21,23)(H,22,24). The van der Waals surface area contributed by atoms with Crippen LogP contribution in [0.1, 0.15) is 6.42 Å². The van der Waals surface area contributed by atoms with Gasteiger partial charge in [0, 0.05) is 5.56 Å². The molecule has 0 aliphatic heterocycles. The summed E-state index contributed by atoms with van der Waals surface area (Å²) >= 11 is 11.6. The zero-order valence-corrected chi connectivity index (χ0v) is 14.7. The first-order chi connectivity index (χ1) is 12.0. The molecule has 1 fully saturated rings. The zero-order valence-electron chi connectivity index (χ0n) is 13.2. The van der Waals surface area contributed by atoms with Gasteiger partial charge in [0.05, 0.1) is 5.92 Å². The van der Waals surface area contributed by atoms with E-state index in [1.807, 2.05) is 48.5 Å². The third-order valence-corrected chi connectivity index (χ3v) is 4.63. The van der Waals surface area contributed by atoms with Crippen molar-refractivity contribution >= 4 is 35.0 Å². The van der Waals surface area contributed by atoms with Crippen molar-refractivity contribution in [3.63, 3.8) is 0 Å². The molecule has 1 unspecified atom stereocenters. The average Bonchev–Trinajstić information content (AvgIpc) is 3.27. The van der Waals surface area contributed by atoms with E-state index in [0.29, 0.717) is 12.2 Å². The summed E-state index contributed by atoms with van der Waals surface area (Å²) in [6.07, 6.45) is 0.374. The second kappa shape index (κ2) is 7.33. The zero-order chi connectivity index (χ0) is 17.9. The first-order valence-electron chi connectivity index (χ1n) is 7.71. The molecule has 7 heteroatoms. The number of hydrazine groups is 1. The number of carbonyl (C=O) groups is 2. The van der Waals surface area contributed by atoms with Crippen molar-refractivity contribution in [3.05, 3.63) is 54.6 Å². The van der Waals surface area contributed by atoms with Gasteiger partial charge in [-0.3, -0.25) is 20.4 Å². The van der Waals surface area contributed by atoms with E-state index in [1.54, 1.807) is 6.07 Å². The molecule has 0 radical (unpaired) electrons. The summed E-state index contributed by atoms with van der Waals surface area (Å²) < 4.78 is 4.56. The number of hydrogen-bond donors (Lipinski definition) is 2. The van der Waals surface area contributed by atoms with Gasteiger partial charge in [0.1, 0.15) is 10.1 Å². The first-order valence-corrected chi connectivity index (χ1v) is 8.47. The van der Waals surface area contributed by atoms with Gasteiger partial charge >= 0.3 is 0 Å². The van der Waals surface area contributed by atoms with Crippen LogP contribution in [-0.2, 0) is 9.59 Å². The fraction of sp³-hybridized carbons (Fsp3) is 0.222. The molecule has 1 saturated carbocycles. The molecule has 2 aromatic carbocycles. The summed E-state index contributed by atoms with van der Waals surface area (Å²) in [5.41, 5.74) is 6.45. The fourth-order valence-corrected chi connectivity index (χ4v) is 2.85. The Morgan fingerprint density at radius 3 is 2.36 bits per heavy atom. The van der Waals surface area contributed by atoms with Crippen LogP contribution in [-0.4, -0.2) is 22.8 Å². The number of ether oxygens (including phenoxy) is 1. The summed E-state index contributed by atoms with van der Waals surface area (Å²) in [7, 11) is 0. The Balaban J connectivity index is 1.54. The molecule has 1 aliphatic carbocycles. The van der Waals surface area contributed by atoms with E-state index < -0.39 is 22.1 Å². The molecule has 0 saturated heterocycles. The summed E-state index contributed by atoms with van der Waals surface area (Å²) in [6, 6.07) is 17.1. The maximum atomic E-state index is 11.9. The summed E-state index contributed by atoms with van der Waals surface area (Å²) in [6.45, 7) is -0.234. The van der Waals surface area contributed by atoms with E-state index in [-0.39, 0.29) is 6.61 Å². The lowest BCUT2D eigenvalue weighted by Crippen LogP contribution is -2.45. The summed E-state index contributed by atoms with van der Waals surface area (Å²) in [5, 5.41) is 0. The fourth-order valence-electron chi connectivity index (χ4n) is 2.34. The van der Waals surface area contributed by atoms with Crippen molar-refractivity contribution < 1.29 is 14.3 Å². The highest BCUT2D eigenvalue weighted by Crippen LogP contribution is 2.53. The van der Waals surface area contributed by atoms with Crippen molar-refractivity contribution in [2.45, 2.75) is 10.8 Å². The molecule has 2 aromatic rings. The number of nitrogens with one attached hydrogen (secondary N) is 2. The number of benzene rings is 2. The van der Waals surface area contributed by atoms with Crippen LogP contribution in [0, 0.1) is 5.92 Å². The molecule has 25 heavy (non-hydrogen) atoms. The molecule has 3 rings (SSSR count). The van der Waals surface area contributed by atoms with E-state index in [9.17, 15) is 9.59 Å². The SMILES string of the molecule is O=C(COc1ccccc1-c1ccccc1)NNC(=O)C1CC1(Cl)Cl. The third kappa shape index (κ3) is 4.44. The van der Waals surface area contributed by atoms with Gasteiger partial charge in [0.25, 0.3) is 5.91 Å². The molecule has 0 aromatic heterocycles. The monoisotopic (exact) mass is 378 g/mol. The number of rotatable bonds is 5. The van der Waals surface area contributed by atoms with Crippen LogP contribution in [0.4, 0.5) is 0 Å². The van der Waals surface area contributed by atoms with Crippen LogP contribution in [0.15, 0.2) is 54.6 Å². The Kier molecular flexibility index (Phi) is 5.16. The van der Waals surface area contributed by atoms with Crippen LogP contribution in [0.2, 0.25) is 0 Å². The van der Waals surface area contributed by atoms with Crippen LogP contribution in [0.3, 0.4) is 0 Å². The van der Waals surface area contributed by atoms with Gasteiger partial charge in [-0.1, -0.05) is 48.5 Å². The van der Waals surface area contributed by atoms with Gasteiger partial charge < -0.3 is 4.74 Å². The highest BCUT2D eigenvalue weighted by molar-refractivity contribution is 6.52. The van der Waals surface area contributed by atoms with Crippen LogP contribution in [0.5, 0.6) is 5.75 Å². The number of amides is 2. The van der Waals surface area contributed by atoms with Crippen molar-refractivity contribution in [2.75, 3.05) is 6.61 Å². The van der Waals surface area contributed by atoms with Crippen LogP contribution < -0.4 is 15.6 Å². The lowest BCUT2D eigenvalue weighted by Gasteiger charge is -2.12. The second-order valence-corrected chi connectivity index (χ2v) is 7.25. The number of alkyl halides is 2. The Bertz CT molecular complexity index is 781. The molecule has 2 N–H and O–H groups in total. The summed E-state index contributed by atoms with van der Waals surface area (Å²) in [4.78, 5) is 23.6. The number of halogens is 2. The maximum absolute atomic E-state index is 11.9. The van der Waals surface area contributed by atoms with Gasteiger partial charge in [-0.15, -0.1) is 23.2 Å². The van der Waals surface area contributed by atoms with Crippen molar-refractivity contribution in [1.29, 1.82) is 0 Å². The second-order valence-electron chi connectivity index (χ2n) is 5.71. The number of hydrogen-bond acceptors (Lipinski definition) is 3. The normalized spacial score (nSPS) is 17.4. The molecule has 1 aliphatic rings. The Hall–Kier alpha value is -2.24. The van der Waals surface area contributed by atoms with Crippen molar-refractivity contribution in [2.24, 2.45) is 5.92 Å². The molecule has 0 heterocycles. The van der Waals surface area contributed by atoms with E-state index in [2.05, 4.69) is 10.9 Å². The Labute approximate surface area is 155 Å². The minimum atomic E-state index is -1.03. The molecular formula is C18H16Cl2N2O3. The third-order valence-electron chi connectivity index (χ3n) is 3.80. The van der Waals surface area contributed by atoms with Gasteiger partial charge in [0.2, 0.25) is 5.91 Å². The van der Waals surface area contributed by atoms with Gasteiger partial charge in [-0.05, 0) is 18.1 Å². The minimum absolute atomic E-state index is 0.234. The molecule has 0 spiro atoms. The predicted octanol–water partition coefficient (Wildman–Crippen LogP) is 3.07. The minimum Gasteiger partial charge on any atom is -0.483 e. The Morgan fingerprint density at radius 1 is 1.04 bits per heavy atom. The smallest absolute Gasteiger partial charge is 0.276 e. The molecule has 2 amide bonds. The topological polar surface area (TPSA) is 67.4 Å².